The second kappa shape index (κ2) is 9.35. The van der Waals surface area contributed by atoms with E-state index in [2.05, 4.69) is 14.9 Å². The lowest BCUT2D eigenvalue weighted by molar-refractivity contribution is -0.150. The lowest BCUT2D eigenvalue weighted by Gasteiger charge is -2.19. The summed E-state index contributed by atoms with van der Waals surface area (Å²) in [4.78, 5) is 12.3. The van der Waals surface area contributed by atoms with E-state index in [1.165, 1.54) is 31.2 Å². The molecule has 0 saturated heterocycles. The van der Waals surface area contributed by atoms with Crippen LogP contribution in [0.2, 0.25) is 5.02 Å². The van der Waals surface area contributed by atoms with E-state index in [0.717, 1.165) is 0 Å². The first kappa shape index (κ1) is 21.9. The minimum atomic E-state index is -4.10. The van der Waals surface area contributed by atoms with Crippen molar-refractivity contribution < 1.29 is 27.5 Å². The molecule has 3 aromatic rings. The van der Waals surface area contributed by atoms with E-state index >= 15 is 0 Å². The van der Waals surface area contributed by atoms with Crippen molar-refractivity contribution in [3.05, 3.63) is 65.5 Å². The van der Waals surface area contributed by atoms with Crippen LogP contribution in [0.5, 0.6) is 0 Å². The molecule has 11 heteroatoms. The summed E-state index contributed by atoms with van der Waals surface area (Å²) in [5, 5.41) is 17.9. The van der Waals surface area contributed by atoms with Crippen LogP contribution >= 0.6 is 11.6 Å². The Balaban J connectivity index is 1.66. The molecule has 9 nitrogen and oxygen atoms in total. The number of aliphatic hydroxyl groups is 1. The lowest BCUT2D eigenvalue weighted by Crippen LogP contribution is -2.48. The molecule has 0 aliphatic heterocycles. The van der Waals surface area contributed by atoms with E-state index in [1.807, 2.05) is 6.07 Å². The summed E-state index contributed by atoms with van der Waals surface area (Å²) in [7, 11) is -4.10. The smallest absolute Gasteiger partial charge is 0.327 e. The SMILES string of the molecule is C[C@H](O)[C@@H](NS(=O)(=O)c1ccc(Cl)cc1)C(=O)OCc1nnc(-c2ccccc2)o1. The Morgan fingerprint density at radius 2 is 1.83 bits per heavy atom. The Morgan fingerprint density at radius 1 is 1.17 bits per heavy atom. The second-order valence-corrected chi connectivity index (χ2v) is 8.42. The first-order valence-electron chi connectivity index (χ1n) is 8.76. The molecule has 0 spiro atoms. The molecule has 0 radical (unpaired) electrons. The van der Waals surface area contributed by atoms with E-state index in [-0.39, 0.29) is 23.3 Å². The van der Waals surface area contributed by atoms with Gasteiger partial charge < -0.3 is 14.3 Å². The van der Waals surface area contributed by atoms with Gasteiger partial charge in [0.1, 0.15) is 6.04 Å². The van der Waals surface area contributed by atoms with E-state index in [4.69, 9.17) is 20.8 Å². The molecule has 0 bridgehead atoms. The number of aromatic nitrogens is 2. The largest absolute Gasteiger partial charge is 0.454 e. The number of carbonyl (C=O) groups excluding carboxylic acids is 1. The number of aliphatic hydroxyl groups excluding tert-OH is 1. The summed E-state index contributed by atoms with van der Waals surface area (Å²) in [5.41, 5.74) is 0.695. The van der Waals surface area contributed by atoms with Crippen LogP contribution in [0.15, 0.2) is 63.9 Å². The fourth-order valence-electron chi connectivity index (χ4n) is 2.42. The molecule has 158 valence electrons. The van der Waals surface area contributed by atoms with Crippen LogP contribution in [0.25, 0.3) is 11.5 Å². The number of nitrogens with zero attached hydrogens (tertiary/aromatic N) is 2. The maximum atomic E-state index is 12.5. The summed E-state index contributed by atoms with van der Waals surface area (Å²) in [5.74, 6) is -0.730. The van der Waals surface area contributed by atoms with Crippen molar-refractivity contribution in [3.8, 4) is 11.5 Å². The van der Waals surface area contributed by atoms with Gasteiger partial charge in [0.05, 0.1) is 11.0 Å². The minimum absolute atomic E-state index is 0.0205. The molecular formula is C19H18ClN3O6S. The zero-order valence-electron chi connectivity index (χ0n) is 15.7. The maximum absolute atomic E-state index is 12.5. The Morgan fingerprint density at radius 3 is 2.47 bits per heavy atom. The van der Waals surface area contributed by atoms with Gasteiger partial charge in [-0.2, -0.15) is 4.72 Å². The van der Waals surface area contributed by atoms with Crippen molar-refractivity contribution in [2.75, 3.05) is 0 Å². The predicted octanol–water partition coefficient (Wildman–Crippen LogP) is 2.16. The van der Waals surface area contributed by atoms with Crippen LogP contribution in [0, 0.1) is 0 Å². The highest BCUT2D eigenvalue weighted by molar-refractivity contribution is 7.89. The molecule has 1 heterocycles. The molecular weight excluding hydrogens is 434 g/mol. The second-order valence-electron chi connectivity index (χ2n) is 6.27. The van der Waals surface area contributed by atoms with Crippen molar-refractivity contribution >= 4 is 27.6 Å². The molecule has 2 aromatic carbocycles. The van der Waals surface area contributed by atoms with Crippen molar-refractivity contribution in [1.29, 1.82) is 0 Å². The number of benzene rings is 2. The quantitative estimate of drug-likeness (QED) is 0.498. The monoisotopic (exact) mass is 451 g/mol. The molecule has 30 heavy (non-hydrogen) atoms. The van der Waals surface area contributed by atoms with Gasteiger partial charge in [0.2, 0.25) is 15.9 Å². The first-order valence-corrected chi connectivity index (χ1v) is 10.6. The van der Waals surface area contributed by atoms with Crippen LogP contribution in [-0.2, 0) is 26.2 Å². The van der Waals surface area contributed by atoms with Crippen LogP contribution in [0.1, 0.15) is 12.8 Å². The molecule has 0 aliphatic carbocycles. The number of hydrogen-bond donors (Lipinski definition) is 2. The van der Waals surface area contributed by atoms with Crippen LogP contribution in [0.4, 0.5) is 0 Å². The number of carbonyl (C=O) groups is 1. The van der Waals surface area contributed by atoms with E-state index in [1.54, 1.807) is 24.3 Å². The van der Waals surface area contributed by atoms with Gasteiger partial charge in [-0.05, 0) is 43.3 Å². The zero-order chi connectivity index (χ0) is 21.7. The summed E-state index contributed by atoms with van der Waals surface area (Å²) in [6.07, 6.45) is -1.36. The summed E-state index contributed by atoms with van der Waals surface area (Å²) >= 11 is 5.76. The molecule has 2 N–H and O–H groups in total. The van der Waals surface area contributed by atoms with Gasteiger partial charge in [-0.25, -0.2) is 8.42 Å². The Bertz CT molecular complexity index is 1100. The summed E-state index contributed by atoms with van der Waals surface area (Å²) < 4.78 is 37.6. The van der Waals surface area contributed by atoms with Crippen molar-refractivity contribution in [2.45, 2.75) is 30.6 Å². The van der Waals surface area contributed by atoms with Gasteiger partial charge >= 0.3 is 5.97 Å². The topological polar surface area (TPSA) is 132 Å². The van der Waals surface area contributed by atoms with E-state index in [9.17, 15) is 18.3 Å². The molecule has 1 aromatic heterocycles. The molecule has 0 aliphatic rings. The third-order valence-corrected chi connectivity index (χ3v) is 5.68. The van der Waals surface area contributed by atoms with Gasteiger partial charge in [-0.15, -0.1) is 10.2 Å². The average Bonchev–Trinajstić information content (AvgIpc) is 3.20. The Hall–Kier alpha value is -2.79. The number of ether oxygens (including phenoxy) is 1. The summed E-state index contributed by atoms with van der Waals surface area (Å²) in [6, 6.07) is 12.8. The number of hydrogen-bond acceptors (Lipinski definition) is 8. The highest BCUT2D eigenvalue weighted by Crippen LogP contribution is 2.18. The molecule has 0 fully saturated rings. The van der Waals surface area contributed by atoms with Gasteiger partial charge in [0.15, 0.2) is 6.61 Å². The van der Waals surface area contributed by atoms with Crippen molar-refractivity contribution in [3.63, 3.8) is 0 Å². The minimum Gasteiger partial charge on any atom is -0.454 e. The maximum Gasteiger partial charge on any atom is 0.327 e. The number of sulfonamides is 1. The van der Waals surface area contributed by atoms with Crippen molar-refractivity contribution in [2.24, 2.45) is 0 Å². The number of nitrogens with one attached hydrogen (secondary N) is 1. The standard InChI is InChI=1S/C19H18ClN3O6S/c1-12(24)17(23-30(26,27)15-9-7-14(20)8-10-15)19(25)28-11-16-21-22-18(29-16)13-5-3-2-4-6-13/h2-10,12,17,23-24H,11H2,1H3/t12-,17+/m0/s1. The van der Waals surface area contributed by atoms with Gasteiger partial charge in [0.25, 0.3) is 5.89 Å². The molecule has 3 rings (SSSR count). The van der Waals surface area contributed by atoms with Gasteiger partial charge in [0, 0.05) is 10.6 Å². The number of esters is 1. The zero-order valence-corrected chi connectivity index (χ0v) is 17.3. The van der Waals surface area contributed by atoms with Crippen molar-refractivity contribution in [1.82, 2.24) is 14.9 Å². The van der Waals surface area contributed by atoms with Gasteiger partial charge in [-0.1, -0.05) is 29.8 Å². The summed E-state index contributed by atoms with van der Waals surface area (Å²) in [6.45, 7) is 0.876. The highest BCUT2D eigenvalue weighted by atomic mass is 35.5. The third-order valence-electron chi connectivity index (χ3n) is 3.97. The fraction of sp³-hybridized carbons (Fsp3) is 0.211. The molecule has 0 amide bonds. The van der Waals surface area contributed by atoms with Crippen LogP contribution in [-0.4, -0.2) is 41.8 Å². The number of halogens is 1. The van der Waals surface area contributed by atoms with Crippen LogP contribution < -0.4 is 4.72 Å². The predicted molar refractivity (Wildman–Crippen MR) is 107 cm³/mol. The number of rotatable bonds is 8. The Labute approximate surface area is 177 Å². The molecule has 2 atom stereocenters. The van der Waals surface area contributed by atoms with E-state index < -0.39 is 28.1 Å². The fourth-order valence-corrected chi connectivity index (χ4v) is 3.81. The molecule has 0 saturated carbocycles. The van der Waals surface area contributed by atoms with Crippen LogP contribution in [0.3, 0.4) is 0 Å². The normalized spacial score (nSPS) is 13.6. The first-order chi connectivity index (χ1) is 14.3. The highest BCUT2D eigenvalue weighted by Gasteiger charge is 2.31. The van der Waals surface area contributed by atoms with Gasteiger partial charge in [-0.3, -0.25) is 4.79 Å². The average molecular weight is 452 g/mol. The Kier molecular flexibility index (Phi) is 6.83. The lowest BCUT2D eigenvalue weighted by atomic mass is 10.2. The van der Waals surface area contributed by atoms with E-state index in [0.29, 0.717) is 10.6 Å². The molecule has 0 unspecified atom stereocenters. The third kappa shape index (κ3) is 5.42.